The minimum absolute atomic E-state index is 0.0657. The number of aryl methyl sites for hydroxylation is 1. The summed E-state index contributed by atoms with van der Waals surface area (Å²) in [7, 11) is 0. The molecule has 3 aromatic carbocycles. The number of rotatable bonds is 6. The first-order valence-electron chi connectivity index (χ1n) is 8.27. The van der Waals surface area contributed by atoms with E-state index in [1.807, 2.05) is 31.2 Å². The predicted octanol–water partition coefficient (Wildman–Crippen LogP) is 7.29. The summed E-state index contributed by atoms with van der Waals surface area (Å²) in [6.45, 7) is 2.87. The Kier molecular flexibility index (Phi) is 6.48. The Morgan fingerprint density at radius 3 is 2.15 bits per heavy atom. The van der Waals surface area contributed by atoms with Crippen LogP contribution in [-0.4, -0.2) is 0 Å². The van der Waals surface area contributed by atoms with Crippen LogP contribution >= 0.6 is 34.8 Å². The lowest BCUT2D eigenvalue weighted by Gasteiger charge is -2.13. The molecule has 0 spiro atoms. The Labute approximate surface area is 172 Å². The lowest BCUT2D eigenvalue weighted by Crippen LogP contribution is -2.01. The van der Waals surface area contributed by atoms with Gasteiger partial charge in [-0.3, -0.25) is 0 Å². The normalized spacial score (nSPS) is 10.7. The Hall–Kier alpha value is -1.94. The van der Waals surface area contributed by atoms with E-state index in [9.17, 15) is 4.39 Å². The highest BCUT2D eigenvalue weighted by molar-refractivity contribution is 6.37. The lowest BCUT2D eigenvalue weighted by atomic mass is 10.1. The number of benzene rings is 3. The quantitative estimate of drug-likeness (QED) is 0.449. The first-order valence-corrected chi connectivity index (χ1v) is 9.41. The van der Waals surface area contributed by atoms with Gasteiger partial charge in [0.1, 0.15) is 12.4 Å². The zero-order chi connectivity index (χ0) is 19.4. The maximum absolute atomic E-state index is 13.2. The van der Waals surface area contributed by atoms with Crippen LogP contribution in [0.5, 0.6) is 5.75 Å². The molecule has 0 saturated heterocycles. The second-order valence-corrected chi connectivity index (χ2v) is 7.37. The van der Waals surface area contributed by atoms with Crippen LogP contribution in [0.25, 0.3) is 0 Å². The summed E-state index contributed by atoms with van der Waals surface area (Å²) in [4.78, 5) is 0. The van der Waals surface area contributed by atoms with Crippen LogP contribution in [0, 0.1) is 12.7 Å². The van der Waals surface area contributed by atoms with Crippen LogP contribution in [-0.2, 0) is 13.2 Å². The van der Waals surface area contributed by atoms with Crippen LogP contribution in [0.15, 0.2) is 54.6 Å². The zero-order valence-electron chi connectivity index (χ0n) is 14.5. The smallest absolute Gasteiger partial charge is 0.156 e. The molecule has 140 valence electrons. The average Bonchev–Trinajstić information content (AvgIpc) is 2.63. The van der Waals surface area contributed by atoms with Crippen molar-refractivity contribution in [2.24, 2.45) is 0 Å². The van der Waals surface area contributed by atoms with Crippen LogP contribution in [0.3, 0.4) is 0 Å². The van der Waals surface area contributed by atoms with Crippen LogP contribution in [0.1, 0.15) is 16.7 Å². The van der Waals surface area contributed by atoms with Gasteiger partial charge in [-0.05, 0) is 48.4 Å². The van der Waals surface area contributed by atoms with Crippen LogP contribution < -0.4 is 10.1 Å². The molecular formula is C21H17Cl3FNO. The van der Waals surface area contributed by atoms with Gasteiger partial charge in [0.15, 0.2) is 5.75 Å². The Balaban J connectivity index is 1.66. The van der Waals surface area contributed by atoms with Crippen molar-refractivity contribution < 1.29 is 9.13 Å². The maximum Gasteiger partial charge on any atom is 0.156 e. The summed E-state index contributed by atoms with van der Waals surface area (Å²) in [5.41, 5.74) is 3.79. The van der Waals surface area contributed by atoms with Crippen molar-refractivity contribution in [3.63, 3.8) is 0 Å². The van der Waals surface area contributed by atoms with Gasteiger partial charge >= 0.3 is 0 Å². The molecule has 0 aromatic heterocycles. The fraction of sp³-hybridized carbons (Fsp3) is 0.143. The van der Waals surface area contributed by atoms with Crippen LogP contribution in [0.4, 0.5) is 10.1 Å². The summed E-state index contributed by atoms with van der Waals surface area (Å²) in [6, 6.07) is 16.1. The third-order valence-electron chi connectivity index (χ3n) is 3.98. The average molecular weight is 425 g/mol. The molecule has 0 heterocycles. The molecule has 0 bridgehead atoms. The minimum Gasteiger partial charge on any atom is -0.486 e. The van der Waals surface area contributed by atoms with Gasteiger partial charge in [0.25, 0.3) is 0 Å². The summed E-state index contributed by atoms with van der Waals surface area (Å²) < 4.78 is 19.0. The highest BCUT2D eigenvalue weighted by atomic mass is 35.5. The summed E-state index contributed by atoms with van der Waals surface area (Å²) in [5, 5.41) is 4.09. The van der Waals surface area contributed by atoms with E-state index in [0.29, 0.717) is 34.6 Å². The number of ether oxygens (including phenoxy) is 1. The molecular weight excluding hydrogens is 408 g/mol. The second kappa shape index (κ2) is 8.83. The van der Waals surface area contributed by atoms with Gasteiger partial charge < -0.3 is 10.1 Å². The number of nitrogens with one attached hydrogen (secondary N) is 1. The van der Waals surface area contributed by atoms with E-state index < -0.39 is 5.82 Å². The number of hydrogen-bond donors (Lipinski definition) is 1. The molecule has 0 radical (unpaired) electrons. The van der Waals surface area contributed by atoms with Crippen molar-refractivity contribution in [2.75, 3.05) is 5.32 Å². The standard InChI is InChI=1S/C21H17Cl3FNO/c1-13-2-4-14(5-3-13)12-27-21-18(23)8-15(9-19(21)24)11-26-16-6-7-20(25)17(22)10-16/h2-10,26H,11-12H2,1H3. The van der Waals surface area contributed by atoms with Crippen molar-refractivity contribution in [2.45, 2.75) is 20.1 Å². The van der Waals surface area contributed by atoms with E-state index in [2.05, 4.69) is 5.32 Å². The predicted molar refractivity (Wildman–Crippen MR) is 111 cm³/mol. The lowest BCUT2D eigenvalue weighted by molar-refractivity contribution is 0.306. The van der Waals surface area contributed by atoms with Gasteiger partial charge in [-0.25, -0.2) is 4.39 Å². The van der Waals surface area contributed by atoms with Gasteiger partial charge in [-0.15, -0.1) is 0 Å². The largest absolute Gasteiger partial charge is 0.486 e. The first kappa shape index (κ1) is 19.8. The van der Waals surface area contributed by atoms with Gasteiger partial charge in [-0.1, -0.05) is 64.6 Å². The summed E-state index contributed by atoms with van der Waals surface area (Å²) in [5.74, 6) is -0.00383. The zero-order valence-corrected chi connectivity index (χ0v) is 16.8. The molecule has 0 amide bonds. The highest BCUT2D eigenvalue weighted by Crippen LogP contribution is 2.35. The van der Waals surface area contributed by atoms with Crippen LogP contribution in [0.2, 0.25) is 15.1 Å². The van der Waals surface area contributed by atoms with Crippen molar-refractivity contribution in [1.82, 2.24) is 0 Å². The fourth-order valence-corrected chi connectivity index (χ4v) is 3.32. The number of halogens is 4. The van der Waals surface area contributed by atoms with E-state index in [0.717, 1.165) is 11.1 Å². The van der Waals surface area contributed by atoms with Crippen molar-refractivity contribution in [1.29, 1.82) is 0 Å². The monoisotopic (exact) mass is 423 g/mol. The Morgan fingerprint density at radius 2 is 1.52 bits per heavy atom. The molecule has 1 N–H and O–H groups in total. The fourth-order valence-electron chi connectivity index (χ4n) is 2.50. The Bertz CT molecular complexity index is 922. The van der Waals surface area contributed by atoms with E-state index >= 15 is 0 Å². The molecule has 2 nitrogen and oxygen atoms in total. The van der Waals surface area contributed by atoms with E-state index in [1.165, 1.54) is 17.7 Å². The molecule has 6 heteroatoms. The van der Waals surface area contributed by atoms with E-state index in [1.54, 1.807) is 18.2 Å². The molecule has 3 rings (SSSR count). The number of anilines is 1. The molecule has 3 aromatic rings. The van der Waals surface area contributed by atoms with Gasteiger partial charge in [0.05, 0.1) is 15.1 Å². The third kappa shape index (κ3) is 5.29. The number of hydrogen-bond acceptors (Lipinski definition) is 2. The molecule has 0 aliphatic rings. The molecule has 27 heavy (non-hydrogen) atoms. The van der Waals surface area contributed by atoms with Crippen molar-refractivity contribution in [3.05, 3.63) is 92.2 Å². The minimum atomic E-state index is -0.455. The first-order chi connectivity index (χ1) is 12.9. The molecule has 0 fully saturated rings. The summed E-state index contributed by atoms with van der Waals surface area (Å²) in [6.07, 6.45) is 0. The molecule has 0 atom stereocenters. The van der Waals surface area contributed by atoms with Crippen molar-refractivity contribution in [3.8, 4) is 5.75 Å². The second-order valence-electron chi connectivity index (χ2n) is 6.15. The molecule has 0 aliphatic carbocycles. The van der Waals surface area contributed by atoms with E-state index in [-0.39, 0.29) is 5.02 Å². The summed E-state index contributed by atoms with van der Waals surface area (Å²) >= 11 is 18.5. The van der Waals surface area contributed by atoms with Gasteiger partial charge in [0, 0.05) is 12.2 Å². The maximum atomic E-state index is 13.2. The topological polar surface area (TPSA) is 21.3 Å². The van der Waals surface area contributed by atoms with Gasteiger partial charge in [0.2, 0.25) is 0 Å². The molecule has 0 saturated carbocycles. The molecule has 0 unspecified atom stereocenters. The third-order valence-corrected chi connectivity index (χ3v) is 4.83. The SMILES string of the molecule is Cc1ccc(COc2c(Cl)cc(CNc3ccc(F)c(Cl)c3)cc2Cl)cc1. The molecule has 0 aliphatic heterocycles. The highest BCUT2D eigenvalue weighted by Gasteiger charge is 2.11. The Morgan fingerprint density at radius 1 is 0.852 bits per heavy atom. The van der Waals surface area contributed by atoms with E-state index in [4.69, 9.17) is 39.5 Å². The van der Waals surface area contributed by atoms with Crippen molar-refractivity contribution >= 4 is 40.5 Å². The van der Waals surface area contributed by atoms with Gasteiger partial charge in [-0.2, -0.15) is 0 Å².